The SMILES string of the molecule is CC(C)(C)SSCCOP(=O)(NCc1ccccc1)OC[C@H]1O[C@@H](n2ccc(N)nc2=O)[C@H](O)C1O. The molecule has 11 nitrogen and oxygen atoms in total. The molecule has 5 atom stereocenters. The summed E-state index contributed by atoms with van der Waals surface area (Å²) < 4.78 is 31.5. The Morgan fingerprint density at radius 1 is 1.19 bits per heavy atom. The molecule has 1 saturated heterocycles. The van der Waals surface area contributed by atoms with Gasteiger partial charge in [-0.25, -0.2) is 14.4 Å². The highest BCUT2D eigenvalue weighted by Crippen LogP contribution is 2.46. The van der Waals surface area contributed by atoms with Gasteiger partial charge in [-0.05, 0) is 11.6 Å². The molecule has 1 aromatic carbocycles. The first-order valence-corrected chi connectivity index (χ1v) is 15.2. The second kappa shape index (κ2) is 12.9. The second-order valence-corrected chi connectivity index (χ2v) is 14.1. The number of rotatable bonds is 12. The van der Waals surface area contributed by atoms with Crippen LogP contribution < -0.4 is 16.5 Å². The van der Waals surface area contributed by atoms with Crippen LogP contribution in [0.2, 0.25) is 0 Å². The highest BCUT2D eigenvalue weighted by Gasteiger charge is 2.45. The number of nitrogens with one attached hydrogen (secondary N) is 1. The van der Waals surface area contributed by atoms with E-state index in [0.29, 0.717) is 5.75 Å². The Bertz CT molecular complexity index is 1090. The van der Waals surface area contributed by atoms with Gasteiger partial charge in [-0.1, -0.05) is 72.7 Å². The summed E-state index contributed by atoms with van der Waals surface area (Å²) in [5.74, 6) is 0.601. The molecule has 14 heteroatoms. The van der Waals surface area contributed by atoms with E-state index in [1.807, 2.05) is 30.3 Å². The average Bonchev–Trinajstić information content (AvgIpc) is 3.10. The van der Waals surface area contributed by atoms with E-state index < -0.39 is 38.0 Å². The molecule has 0 bridgehead atoms. The van der Waals surface area contributed by atoms with E-state index in [-0.39, 0.29) is 30.3 Å². The van der Waals surface area contributed by atoms with E-state index in [1.165, 1.54) is 12.3 Å². The summed E-state index contributed by atoms with van der Waals surface area (Å²) in [6.07, 6.45) is -3.81. The molecule has 36 heavy (non-hydrogen) atoms. The summed E-state index contributed by atoms with van der Waals surface area (Å²) in [7, 11) is -0.520. The molecule has 5 N–H and O–H groups in total. The molecule has 1 aliphatic rings. The number of benzene rings is 1. The Morgan fingerprint density at radius 3 is 2.58 bits per heavy atom. The largest absolute Gasteiger partial charge is 0.405 e. The maximum atomic E-state index is 13.5. The van der Waals surface area contributed by atoms with Gasteiger partial charge in [0.2, 0.25) is 0 Å². The zero-order chi connectivity index (χ0) is 26.3. The highest BCUT2D eigenvalue weighted by atomic mass is 33.1. The molecule has 1 fully saturated rings. The van der Waals surface area contributed by atoms with Crippen molar-refractivity contribution in [2.75, 3.05) is 24.7 Å². The average molecular weight is 561 g/mol. The minimum atomic E-state index is -3.81. The van der Waals surface area contributed by atoms with Gasteiger partial charge >= 0.3 is 13.4 Å². The van der Waals surface area contributed by atoms with E-state index in [9.17, 15) is 19.6 Å². The molecule has 1 aromatic heterocycles. The van der Waals surface area contributed by atoms with Crippen molar-refractivity contribution in [2.24, 2.45) is 0 Å². The summed E-state index contributed by atoms with van der Waals surface area (Å²) in [4.78, 5) is 15.8. The number of anilines is 1. The van der Waals surface area contributed by atoms with Crippen molar-refractivity contribution in [3.05, 3.63) is 58.6 Å². The number of aliphatic hydroxyl groups excluding tert-OH is 2. The number of hydrogen-bond acceptors (Lipinski definition) is 11. The highest BCUT2D eigenvalue weighted by molar-refractivity contribution is 8.77. The molecule has 2 unspecified atom stereocenters. The minimum Gasteiger partial charge on any atom is -0.387 e. The molecule has 2 aromatic rings. The van der Waals surface area contributed by atoms with Gasteiger partial charge in [0.1, 0.15) is 24.1 Å². The molecule has 200 valence electrons. The summed E-state index contributed by atoms with van der Waals surface area (Å²) in [6, 6.07) is 10.7. The first-order valence-electron chi connectivity index (χ1n) is 11.3. The maximum absolute atomic E-state index is 13.5. The number of nitrogens with two attached hydrogens (primary N) is 1. The van der Waals surface area contributed by atoms with Gasteiger partial charge in [0.15, 0.2) is 6.23 Å². The molecule has 1 aliphatic heterocycles. The fourth-order valence-corrected chi connectivity index (χ4v) is 6.74. The summed E-state index contributed by atoms with van der Waals surface area (Å²) in [6.45, 7) is 6.35. The quantitative estimate of drug-likeness (QED) is 0.171. The lowest BCUT2D eigenvalue weighted by Crippen LogP contribution is -2.36. The van der Waals surface area contributed by atoms with E-state index in [0.717, 1.165) is 10.1 Å². The van der Waals surface area contributed by atoms with Gasteiger partial charge in [0.25, 0.3) is 0 Å². The number of nitrogen functional groups attached to an aromatic ring is 1. The van der Waals surface area contributed by atoms with E-state index >= 15 is 0 Å². The van der Waals surface area contributed by atoms with Crippen molar-refractivity contribution in [1.29, 1.82) is 0 Å². The first-order chi connectivity index (χ1) is 17.0. The Hall–Kier alpha value is -1.41. The minimum absolute atomic E-state index is 0.0193. The number of nitrogens with zero attached hydrogens (tertiary/aromatic N) is 2. The standard InChI is InChI=1S/C22H33N4O7PS2/c1-22(2,3)36-35-12-11-31-34(30,24-13-15-7-5-4-6-8-15)32-14-16-18(27)19(28)20(33-16)26-10-9-17(23)25-21(26)29/h4-10,16,18-20,27-28H,11-14H2,1-3H3,(H,24,30)(H2,23,25,29)/t16-,18?,19-,20-,34?/m1/s1. The zero-order valence-corrected chi connectivity index (χ0v) is 22.9. The van der Waals surface area contributed by atoms with Gasteiger partial charge in [-0.2, -0.15) is 4.98 Å². The van der Waals surface area contributed by atoms with E-state index in [4.69, 9.17) is 19.5 Å². The third-order valence-electron chi connectivity index (χ3n) is 4.93. The monoisotopic (exact) mass is 560 g/mol. The van der Waals surface area contributed by atoms with Crippen molar-refractivity contribution in [3.8, 4) is 0 Å². The predicted molar refractivity (Wildman–Crippen MR) is 141 cm³/mol. The van der Waals surface area contributed by atoms with Crippen LogP contribution in [-0.4, -0.2) is 61.8 Å². The molecule has 0 radical (unpaired) electrons. The second-order valence-electron chi connectivity index (χ2n) is 9.05. The van der Waals surface area contributed by atoms with Crippen LogP contribution in [0.5, 0.6) is 0 Å². The van der Waals surface area contributed by atoms with E-state index in [2.05, 4.69) is 30.8 Å². The fraction of sp³-hybridized carbons (Fsp3) is 0.545. The third-order valence-corrected chi connectivity index (χ3v) is 9.79. The van der Waals surface area contributed by atoms with Crippen LogP contribution in [0.4, 0.5) is 5.82 Å². The van der Waals surface area contributed by atoms with Crippen LogP contribution in [0.1, 0.15) is 32.6 Å². The van der Waals surface area contributed by atoms with Gasteiger partial charge in [0.05, 0.1) is 13.2 Å². The van der Waals surface area contributed by atoms with Crippen molar-refractivity contribution >= 4 is 35.2 Å². The lowest BCUT2D eigenvalue weighted by Gasteiger charge is -2.22. The van der Waals surface area contributed by atoms with Gasteiger partial charge < -0.3 is 20.7 Å². The van der Waals surface area contributed by atoms with Gasteiger partial charge in [-0.15, -0.1) is 0 Å². The predicted octanol–water partition coefficient (Wildman–Crippen LogP) is 2.56. The Balaban J connectivity index is 1.63. The molecule has 0 spiro atoms. The summed E-state index contributed by atoms with van der Waals surface area (Å²) >= 11 is 0. The van der Waals surface area contributed by atoms with Crippen molar-refractivity contribution in [1.82, 2.24) is 14.6 Å². The molecule has 0 aliphatic carbocycles. The fourth-order valence-electron chi connectivity index (χ4n) is 3.21. The molecule has 0 saturated carbocycles. The molecule has 0 amide bonds. The molecular formula is C22H33N4O7PS2. The lowest BCUT2D eigenvalue weighted by atomic mass is 10.1. The van der Waals surface area contributed by atoms with Gasteiger partial charge in [0, 0.05) is 23.2 Å². The molecular weight excluding hydrogens is 527 g/mol. The Labute approximate surface area is 218 Å². The van der Waals surface area contributed by atoms with Crippen LogP contribution in [0.3, 0.4) is 0 Å². The Morgan fingerprint density at radius 2 is 1.92 bits per heavy atom. The number of aromatic nitrogens is 2. The summed E-state index contributed by atoms with van der Waals surface area (Å²) in [5, 5.41) is 23.8. The van der Waals surface area contributed by atoms with Crippen LogP contribution in [-0.2, 0) is 24.9 Å². The molecule has 2 heterocycles. The maximum Gasteiger partial charge on any atom is 0.405 e. The lowest BCUT2D eigenvalue weighted by molar-refractivity contribution is -0.0532. The first kappa shape index (κ1) is 29.2. The van der Waals surface area contributed by atoms with Crippen LogP contribution in [0.15, 0.2) is 47.4 Å². The topological polar surface area (TPSA) is 158 Å². The zero-order valence-electron chi connectivity index (χ0n) is 20.4. The van der Waals surface area contributed by atoms with Crippen molar-refractivity contribution in [2.45, 2.75) is 56.6 Å². The summed E-state index contributed by atoms with van der Waals surface area (Å²) in [5.41, 5.74) is 5.65. The number of hydrogen-bond donors (Lipinski definition) is 4. The van der Waals surface area contributed by atoms with Crippen molar-refractivity contribution in [3.63, 3.8) is 0 Å². The number of ether oxygens (including phenoxy) is 1. The van der Waals surface area contributed by atoms with Crippen LogP contribution >= 0.6 is 29.3 Å². The Kier molecular flexibility index (Phi) is 10.4. The van der Waals surface area contributed by atoms with Crippen LogP contribution in [0.25, 0.3) is 0 Å². The smallest absolute Gasteiger partial charge is 0.387 e. The molecule has 3 rings (SSSR count). The van der Waals surface area contributed by atoms with Gasteiger partial charge in [-0.3, -0.25) is 13.6 Å². The van der Waals surface area contributed by atoms with Crippen molar-refractivity contribution < 1.29 is 28.6 Å². The normalized spacial score (nSPS) is 24.0. The third kappa shape index (κ3) is 8.57. The number of aliphatic hydroxyl groups is 2. The van der Waals surface area contributed by atoms with E-state index in [1.54, 1.807) is 21.6 Å². The van der Waals surface area contributed by atoms with Crippen LogP contribution in [0, 0.1) is 0 Å².